The molecule has 2 rings (SSSR count). The number of benzene rings is 1. The van der Waals surface area contributed by atoms with Gasteiger partial charge in [0.2, 0.25) is 0 Å². The number of aromatic nitrogens is 1. The fourth-order valence-corrected chi connectivity index (χ4v) is 2.11. The van der Waals surface area contributed by atoms with E-state index >= 15 is 0 Å². The molecule has 3 N–H and O–H groups in total. The predicted molar refractivity (Wildman–Crippen MR) is 80.0 cm³/mol. The maximum Gasteiger partial charge on any atom is 0.305 e. The van der Waals surface area contributed by atoms with E-state index in [0.717, 1.165) is 5.39 Å². The Kier molecular flexibility index (Phi) is 4.37. The van der Waals surface area contributed by atoms with Gasteiger partial charge in [0, 0.05) is 24.2 Å². The predicted octanol–water partition coefficient (Wildman–Crippen LogP) is 1.75. The molecule has 0 fully saturated rings. The van der Waals surface area contributed by atoms with E-state index in [4.69, 9.17) is 10.8 Å². The summed E-state index contributed by atoms with van der Waals surface area (Å²) in [6.07, 6.45) is -0.0946. The molecule has 0 saturated carbocycles. The first kappa shape index (κ1) is 14.8. The van der Waals surface area contributed by atoms with Crippen LogP contribution in [0.15, 0.2) is 30.3 Å². The minimum Gasteiger partial charge on any atom is -0.481 e. The van der Waals surface area contributed by atoms with Crippen molar-refractivity contribution in [1.29, 1.82) is 0 Å². The molecule has 0 spiro atoms. The van der Waals surface area contributed by atoms with Crippen molar-refractivity contribution < 1.29 is 14.7 Å². The highest BCUT2D eigenvalue weighted by Gasteiger charge is 2.17. The lowest BCUT2D eigenvalue weighted by atomic mass is 10.1. The van der Waals surface area contributed by atoms with Crippen LogP contribution in [0.3, 0.4) is 0 Å². The number of pyridine rings is 1. The van der Waals surface area contributed by atoms with Crippen LogP contribution in [0.4, 0.5) is 5.69 Å². The molecule has 2 aromatic rings. The van der Waals surface area contributed by atoms with Gasteiger partial charge >= 0.3 is 5.97 Å². The van der Waals surface area contributed by atoms with E-state index < -0.39 is 5.97 Å². The van der Waals surface area contributed by atoms with Gasteiger partial charge in [-0.2, -0.15) is 0 Å². The highest BCUT2D eigenvalue weighted by molar-refractivity contribution is 5.99. The molecule has 21 heavy (non-hydrogen) atoms. The number of carbonyl (C=O) groups excluding carboxylic acids is 1. The van der Waals surface area contributed by atoms with Crippen LogP contribution in [-0.2, 0) is 4.79 Å². The highest BCUT2D eigenvalue weighted by Crippen LogP contribution is 2.20. The monoisotopic (exact) mass is 287 g/mol. The zero-order valence-electron chi connectivity index (χ0n) is 11.7. The van der Waals surface area contributed by atoms with Crippen molar-refractivity contribution in [1.82, 2.24) is 9.88 Å². The van der Waals surface area contributed by atoms with E-state index in [1.807, 2.05) is 18.2 Å². The van der Waals surface area contributed by atoms with Gasteiger partial charge in [0.1, 0.15) is 5.69 Å². The van der Waals surface area contributed by atoms with Gasteiger partial charge < -0.3 is 15.7 Å². The van der Waals surface area contributed by atoms with Crippen LogP contribution in [0.5, 0.6) is 0 Å². The molecule has 110 valence electrons. The van der Waals surface area contributed by atoms with Gasteiger partial charge in [0.05, 0.1) is 11.9 Å². The number of carbonyl (C=O) groups is 2. The Morgan fingerprint density at radius 2 is 2.05 bits per heavy atom. The quantitative estimate of drug-likeness (QED) is 0.873. The third-order valence-corrected chi connectivity index (χ3v) is 3.23. The molecule has 0 aliphatic rings. The number of para-hydroxylation sites is 1. The van der Waals surface area contributed by atoms with Gasteiger partial charge in [0.15, 0.2) is 0 Å². The standard InChI is InChI=1S/C15H17N3O3/c1-2-18(8-7-14(19)20)15(21)13-9-11(16)10-5-3-4-6-12(10)17-13/h3-6,9H,2,7-8H2,1H3,(H2,16,17)(H,19,20). The number of anilines is 1. The summed E-state index contributed by atoms with van der Waals surface area (Å²) in [6, 6.07) is 8.84. The lowest BCUT2D eigenvalue weighted by molar-refractivity contribution is -0.137. The third-order valence-electron chi connectivity index (χ3n) is 3.23. The smallest absolute Gasteiger partial charge is 0.305 e. The molecule has 0 bridgehead atoms. The SMILES string of the molecule is CCN(CCC(=O)O)C(=O)c1cc(N)c2ccccc2n1. The largest absolute Gasteiger partial charge is 0.481 e. The second-order valence-corrected chi connectivity index (χ2v) is 4.64. The normalized spacial score (nSPS) is 10.5. The van der Waals surface area contributed by atoms with Gasteiger partial charge in [-0.05, 0) is 19.1 Å². The van der Waals surface area contributed by atoms with Crippen LogP contribution in [0, 0.1) is 0 Å². The number of amides is 1. The Morgan fingerprint density at radius 3 is 2.71 bits per heavy atom. The number of hydrogen-bond donors (Lipinski definition) is 2. The van der Waals surface area contributed by atoms with Crippen molar-refractivity contribution in [3.05, 3.63) is 36.0 Å². The van der Waals surface area contributed by atoms with Crippen LogP contribution in [0.25, 0.3) is 10.9 Å². The van der Waals surface area contributed by atoms with Crippen LogP contribution in [-0.4, -0.2) is 40.0 Å². The molecule has 1 aromatic heterocycles. The molecule has 0 atom stereocenters. The second kappa shape index (κ2) is 6.21. The van der Waals surface area contributed by atoms with E-state index in [9.17, 15) is 9.59 Å². The molecule has 0 aliphatic carbocycles. The highest BCUT2D eigenvalue weighted by atomic mass is 16.4. The van der Waals surface area contributed by atoms with Crippen molar-refractivity contribution in [2.24, 2.45) is 0 Å². The van der Waals surface area contributed by atoms with Crippen LogP contribution in [0.2, 0.25) is 0 Å². The maximum absolute atomic E-state index is 12.4. The molecule has 0 saturated heterocycles. The number of rotatable bonds is 5. The average Bonchev–Trinajstić information content (AvgIpc) is 2.47. The number of nitrogen functional groups attached to an aromatic ring is 1. The first-order chi connectivity index (χ1) is 10.0. The van der Waals surface area contributed by atoms with Gasteiger partial charge in [-0.25, -0.2) is 4.98 Å². The van der Waals surface area contributed by atoms with E-state index in [1.54, 1.807) is 13.0 Å². The lowest BCUT2D eigenvalue weighted by Gasteiger charge is -2.19. The topological polar surface area (TPSA) is 96.5 Å². The van der Waals surface area contributed by atoms with Crippen molar-refractivity contribution in [2.45, 2.75) is 13.3 Å². The number of carboxylic acids is 1. The first-order valence-corrected chi connectivity index (χ1v) is 6.69. The molecule has 0 aliphatic heterocycles. The average molecular weight is 287 g/mol. The Bertz CT molecular complexity index is 685. The molecule has 1 heterocycles. The Morgan fingerprint density at radius 1 is 1.33 bits per heavy atom. The Hall–Kier alpha value is -2.63. The molecule has 1 amide bonds. The summed E-state index contributed by atoms with van der Waals surface area (Å²) in [5.41, 5.74) is 7.32. The second-order valence-electron chi connectivity index (χ2n) is 4.64. The molecule has 6 nitrogen and oxygen atoms in total. The molecule has 0 unspecified atom stereocenters. The summed E-state index contributed by atoms with van der Waals surface area (Å²) >= 11 is 0. The summed E-state index contributed by atoms with van der Waals surface area (Å²) in [5.74, 6) is -1.25. The minimum absolute atomic E-state index is 0.0946. The van der Waals surface area contributed by atoms with Crippen LogP contribution >= 0.6 is 0 Å². The van der Waals surface area contributed by atoms with Crippen molar-refractivity contribution in [3.8, 4) is 0 Å². The molecular formula is C15H17N3O3. The van der Waals surface area contributed by atoms with Crippen molar-refractivity contribution >= 4 is 28.5 Å². The summed E-state index contributed by atoms with van der Waals surface area (Å²) in [7, 11) is 0. The molecule has 1 aromatic carbocycles. The van der Waals surface area contributed by atoms with Gasteiger partial charge in [-0.3, -0.25) is 9.59 Å². The van der Waals surface area contributed by atoms with Crippen molar-refractivity contribution in [3.63, 3.8) is 0 Å². The lowest BCUT2D eigenvalue weighted by Crippen LogP contribution is -2.33. The number of hydrogen-bond acceptors (Lipinski definition) is 4. The maximum atomic E-state index is 12.4. The zero-order valence-corrected chi connectivity index (χ0v) is 11.7. The first-order valence-electron chi connectivity index (χ1n) is 6.69. The van der Waals surface area contributed by atoms with E-state index in [1.165, 1.54) is 11.0 Å². The van der Waals surface area contributed by atoms with E-state index in [2.05, 4.69) is 4.98 Å². The number of nitrogens with zero attached hydrogens (tertiary/aromatic N) is 2. The Balaban J connectivity index is 2.31. The molecule has 0 radical (unpaired) electrons. The summed E-state index contributed by atoms with van der Waals surface area (Å²) in [4.78, 5) is 28.8. The number of fused-ring (bicyclic) bond motifs is 1. The Labute approximate surface area is 122 Å². The zero-order chi connectivity index (χ0) is 15.4. The number of aliphatic carboxylic acids is 1. The molecular weight excluding hydrogens is 270 g/mol. The molecule has 6 heteroatoms. The summed E-state index contributed by atoms with van der Waals surface area (Å²) in [5, 5.41) is 9.52. The van der Waals surface area contributed by atoms with Gasteiger partial charge in [-0.15, -0.1) is 0 Å². The fourth-order valence-electron chi connectivity index (χ4n) is 2.11. The number of nitrogens with two attached hydrogens (primary N) is 1. The van der Waals surface area contributed by atoms with E-state index in [-0.39, 0.29) is 24.6 Å². The van der Waals surface area contributed by atoms with Gasteiger partial charge in [-0.1, -0.05) is 18.2 Å². The minimum atomic E-state index is -0.938. The van der Waals surface area contributed by atoms with Crippen molar-refractivity contribution in [2.75, 3.05) is 18.8 Å². The summed E-state index contributed by atoms with van der Waals surface area (Å²) in [6.45, 7) is 2.36. The number of carboxylic acid groups (broad SMARTS) is 1. The van der Waals surface area contributed by atoms with E-state index in [0.29, 0.717) is 17.7 Å². The van der Waals surface area contributed by atoms with Crippen LogP contribution < -0.4 is 5.73 Å². The van der Waals surface area contributed by atoms with Crippen LogP contribution in [0.1, 0.15) is 23.8 Å². The van der Waals surface area contributed by atoms with Gasteiger partial charge in [0.25, 0.3) is 5.91 Å². The third kappa shape index (κ3) is 3.28. The fraction of sp³-hybridized carbons (Fsp3) is 0.267. The summed E-state index contributed by atoms with van der Waals surface area (Å²) < 4.78 is 0.